The van der Waals surface area contributed by atoms with Crippen LogP contribution in [0.4, 0.5) is 0 Å². The van der Waals surface area contributed by atoms with E-state index in [-0.39, 0.29) is 5.41 Å². The van der Waals surface area contributed by atoms with Crippen LogP contribution in [-0.2, 0) is 4.74 Å². The molecular weight excluding hydrogens is 250 g/mol. The van der Waals surface area contributed by atoms with E-state index in [2.05, 4.69) is 39.1 Å². The van der Waals surface area contributed by atoms with Crippen molar-refractivity contribution >= 4 is 0 Å². The van der Waals surface area contributed by atoms with E-state index in [1.165, 1.54) is 5.56 Å². The fourth-order valence-corrected chi connectivity index (χ4v) is 3.48. The Morgan fingerprint density at radius 3 is 2.65 bits per heavy atom. The Morgan fingerprint density at radius 2 is 2.15 bits per heavy atom. The normalized spacial score (nSPS) is 31.1. The van der Waals surface area contributed by atoms with E-state index >= 15 is 0 Å². The highest BCUT2D eigenvalue weighted by Crippen LogP contribution is 2.46. The predicted molar refractivity (Wildman–Crippen MR) is 81.9 cm³/mol. The van der Waals surface area contributed by atoms with Crippen LogP contribution in [0.3, 0.4) is 0 Å². The molecule has 3 nitrogen and oxygen atoms in total. The van der Waals surface area contributed by atoms with Gasteiger partial charge in [0.25, 0.3) is 0 Å². The molecule has 4 unspecified atom stereocenters. The molecule has 1 aliphatic rings. The Kier molecular flexibility index (Phi) is 4.60. The maximum absolute atomic E-state index is 5.87. The summed E-state index contributed by atoms with van der Waals surface area (Å²) < 4.78 is 11.5. The van der Waals surface area contributed by atoms with Crippen LogP contribution in [0, 0.1) is 19.3 Å². The summed E-state index contributed by atoms with van der Waals surface area (Å²) >= 11 is 0. The van der Waals surface area contributed by atoms with Crippen molar-refractivity contribution in [3.8, 4) is 0 Å². The van der Waals surface area contributed by atoms with Gasteiger partial charge < -0.3 is 14.5 Å². The number of nitrogens with one attached hydrogen (secondary N) is 1. The lowest BCUT2D eigenvalue weighted by atomic mass is 9.61. The molecule has 0 radical (unpaired) electrons. The number of aryl methyl sites for hydroxylation is 2. The number of hydrogen-bond donors (Lipinski definition) is 1. The number of furan rings is 1. The zero-order valence-corrected chi connectivity index (χ0v) is 13.7. The van der Waals surface area contributed by atoms with Crippen LogP contribution in [0.15, 0.2) is 10.5 Å². The molecule has 0 aliphatic heterocycles. The molecule has 2 rings (SSSR count). The monoisotopic (exact) mass is 279 g/mol. The minimum atomic E-state index is 0.247. The van der Waals surface area contributed by atoms with Gasteiger partial charge in [0.15, 0.2) is 0 Å². The van der Waals surface area contributed by atoms with Crippen LogP contribution in [0.25, 0.3) is 0 Å². The summed E-state index contributed by atoms with van der Waals surface area (Å²) in [6.45, 7) is 13.8. The van der Waals surface area contributed by atoms with Gasteiger partial charge in [-0.3, -0.25) is 0 Å². The lowest BCUT2D eigenvalue weighted by Gasteiger charge is -2.54. The van der Waals surface area contributed by atoms with Crippen molar-refractivity contribution in [2.45, 2.75) is 72.6 Å². The van der Waals surface area contributed by atoms with Gasteiger partial charge >= 0.3 is 0 Å². The number of ether oxygens (including phenoxy) is 1. The molecule has 20 heavy (non-hydrogen) atoms. The predicted octanol–water partition coefficient (Wildman–Crippen LogP) is 4.14. The second kappa shape index (κ2) is 5.90. The minimum absolute atomic E-state index is 0.247. The first-order valence-electron chi connectivity index (χ1n) is 7.86. The molecule has 1 fully saturated rings. The molecule has 1 aliphatic carbocycles. The molecule has 1 saturated carbocycles. The number of hydrogen-bond acceptors (Lipinski definition) is 3. The highest BCUT2D eigenvalue weighted by molar-refractivity contribution is 5.24. The smallest absolute Gasteiger partial charge is 0.105 e. The summed E-state index contributed by atoms with van der Waals surface area (Å²) in [5.41, 5.74) is 1.53. The van der Waals surface area contributed by atoms with Crippen LogP contribution in [0.5, 0.6) is 0 Å². The molecular formula is C17H29NO2. The Labute approximate surface area is 123 Å². The summed E-state index contributed by atoms with van der Waals surface area (Å²) in [6.07, 6.45) is 2.65. The molecule has 0 amide bonds. The first kappa shape index (κ1) is 15.6. The molecule has 1 heterocycles. The highest BCUT2D eigenvalue weighted by Gasteiger charge is 2.51. The van der Waals surface area contributed by atoms with Crippen molar-refractivity contribution in [3.05, 3.63) is 23.2 Å². The third-order valence-electron chi connectivity index (χ3n) is 5.11. The van der Waals surface area contributed by atoms with E-state index in [9.17, 15) is 0 Å². The van der Waals surface area contributed by atoms with E-state index < -0.39 is 0 Å². The van der Waals surface area contributed by atoms with Crippen LogP contribution in [0.1, 0.15) is 63.7 Å². The van der Waals surface area contributed by atoms with Crippen LogP contribution >= 0.6 is 0 Å². The molecule has 1 aromatic heterocycles. The van der Waals surface area contributed by atoms with Gasteiger partial charge in [0.05, 0.1) is 6.10 Å². The van der Waals surface area contributed by atoms with Crippen LogP contribution in [-0.4, -0.2) is 18.8 Å². The van der Waals surface area contributed by atoms with Crippen LogP contribution < -0.4 is 5.32 Å². The third kappa shape index (κ3) is 2.66. The van der Waals surface area contributed by atoms with Gasteiger partial charge in [0.2, 0.25) is 0 Å². The van der Waals surface area contributed by atoms with Gasteiger partial charge in [0.1, 0.15) is 11.5 Å². The van der Waals surface area contributed by atoms with E-state index in [1.807, 2.05) is 13.8 Å². The SMILES string of the molecule is CCOC1CC(NC(C)c2cc(C)oc2C)C1(C)CC. The molecule has 0 saturated heterocycles. The first-order valence-corrected chi connectivity index (χ1v) is 7.86. The van der Waals surface area contributed by atoms with Crippen molar-refractivity contribution in [2.75, 3.05) is 6.61 Å². The quantitative estimate of drug-likeness (QED) is 0.849. The molecule has 114 valence electrons. The molecule has 4 atom stereocenters. The number of rotatable bonds is 6. The maximum atomic E-state index is 5.87. The van der Waals surface area contributed by atoms with Gasteiger partial charge in [-0.25, -0.2) is 0 Å². The van der Waals surface area contributed by atoms with Gasteiger partial charge in [-0.05, 0) is 46.6 Å². The Bertz CT molecular complexity index is 454. The average Bonchev–Trinajstić information content (AvgIpc) is 2.75. The van der Waals surface area contributed by atoms with Gasteiger partial charge in [-0.15, -0.1) is 0 Å². The van der Waals surface area contributed by atoms with Crippen molar-refractivity contribution < 1.29 is 9.15 Å². The minimum Gasteiger partial charge on any atom is -0.466 e. The van der Waals surface area contributed by atoms with Gasteiger partial charge in [0, 0.05) is 29.7 Å². The molecule has 0 bridgehead atoms. The lowest BCUT2D eigenvalue weighted by molar-refractivity contribution is -0.127. The van der Waals surface area contributed by atoms with E-state index in [1.54, 1.807) is 0 Å². The van der Waals surface area contributed by atoms with Crippen molar-refractivity contribution in [1.82, 2.24) is 5.32 Å². The Balaban J connectivity index is 2.02. The summed E-state index contributed by atoms with van der Waals surface area (Å²) in [4.78, 5) is 0. The molecule has 1 N–H and O–H groups in total. The van der Waals surface area contributed by atoms with E-state index in [0.29, 0.717) is 18.2 Å². The summed E-state index contributed by atoms with van der Waals surface area (Å²) in [6, 6.07) is 2.99. The first-order chi connectivity index (χ1) is 9.42. The van der Waals surface area contributed by atoms with E-state index in [0.717, 1.165) is 31.0 Å². The van der Waals surface area contributed by atoms with Gasteiger partial charge in [-0.2, -0.15) is 0 Å². The van der Waals surface area contributed by atoms with Crippen LogP contribution in [0.2, 0.25) is 0 Å². The fraction of sp³-hybridized carbons (Fsp3) is 0.765. The molecule has 3 heteroatoms. The van der Waals surface area contributed by atoms with Crippen molar-refractivity contribution in [1.29, 1.82) is 0 Å². The van der Waals surface area contributed by atoms with Crippen molar-refractivity contribution in [3.63, 3.8) is 0 Å². The zero-order chi connectivity index (χ0) is 14.9. The summed E-state index contributed by atoms with van der Waals surface area (Å²) in [5, 5.41) is 3.78. The van der Waals surface area contributed by atoms with Gasteiger partial charge in [-0.1, -0.05) is 13.8 Å². The highest BCUT2D eigenvalue weighted by atomic mass is 16.5. The lowest BCUT2D eigenvalue weighted by Crippen LogP contribution is -2.62. The second-order valence-corrected chi connectivity index (χ2v) is 6.35. The van der Waals surface area contributed by atoms with Crippen molar-refractivity contribution in [2.24, 2.45) is 5.41 Å². The topological polar surface area (TPSA) is 34.4 Å². The zero-order valence-electron chi connectivity index (χ0n) is 13.7. The maximum Gasteiger partial charge on any atom is 0.105 e. The largest absolute Gasteiger partial charge is 0.466 e. The molecule has 0 aromatic carbocycles. The molecule has 0 spiro atoms. The summed E-state index contributed by atoms with van der Waals surface area (Å²) in [7, 11) is 0. The standard InChI is InChI=1S/C17H29NO2/c1-7-17(6)15(10-16(17)19-8-2)18-12(4)14-9-11(3)20-13(14)5/h9,12,15-16,18H,7-8,10H2,1-6H3. The average molecular weight is 279 g/mol. The third-order valence-corrected chi connectivity index (χ3v) is 5.11. The second-order valence-electron chi connectivity index (χ2n) is 6.35. The fourth-order valence-electron chi connectivity index (χ4n) is 3.48. The Morgan fingerprint density at radius 1 is 1.45 bits per heavy atom. The summed E-state index contributed by atoms with van der Waals surface area (Å²) in [5.74, 6) is 2.02. The Hall–Kier alpha value is -0.800. The molecule has 1 aromatic rings. The van der Waals surface area contributed by atoms with E-state index in [4.69, 9.17) is 9.15 Å².